The molecule has 37 heavy (non-hydrogen) atoms. The van der Waals surface area contributed by atoms with E-state index in [1.165, 1.54) is 0 Å². The summed E-state index contributed by atoms with van der Waals surface area (Å²) in [6.45, 7) is 9.74. The molecule has 1 N–H and O–H groups in total. The molecule has 0 spiro atoms. The monoisotopic (exact) mass is 527 g/mol. The summed E-state index contributed by atoms with van der Waals surface area (Å²) in [4.78, 5) is 28.3. The number of benzene rings is 2. The van der Waals surface area contributed by atoms with Gasteiger partial charge in [0, 0.05) is 4.91 Å². The van der Waals surface area contributed by atoms with Crippen LogP contribution in [0, 0.1) is 0 Å². The van der Waals surface area contributed by atoms with Gasteiger partial charge in [0.2, 0.25) is 0 Å². The SMILES string of the molecule is CC(C)(C)[Si](C)(C)O[C@@H]1O[C@H](COC(=O)c2ccccc2)[C@@H](O)[C@H](OC(=O)c2ccccc2)[C@H]1N=[N+]=[N-]. The third kappa shape index (κ3) is 6.97. The molecule has 0 amide bonds. The normalized spacial score (nSPS) is 24.0. The minimum Gasteiger partial charge on any atom is -0.459 e. The molecular weight excluding hydrogens is 494 g/mol. The molecule has 1 saturated heterocycles. The molecule has 1 aliphatic heterocycles. The van der Waals surface area contributed by atoms with Crippen molar-refractivity contribution in [1.82, 2.24) is 0 Å². The Kier molecular flexibility index (Phi) is 9.11. The van der Waals surface area contributed by atoms with Crippen molar-refractivity contribution in [1.29, 1.82) is 0 Å². The molecule has 1 fully saturated rings. The average Bonchev–Trinajstić information content (AvgIpc) is 2.86. The van der Waals surface area contributed by atoms with Crippen LogP contribution < -0.4 is 0 Å². The van der Waals surface area contributed by atoms with Crippen LogP contribution >= 0.6 is 0 Å². The highest BCUT2D eigenvalue weighted by Gasteiger charge is 2.51. The molecule has 3 rings (SSSR count). The maximum Gasteiger partial charge on any atom is 0.338 e. The van der Waals surface area contributed by atoms with Gasteiger partial charge in [-0.3, -0.25) is 0 Å². The van der Waals surface area contributed by atoms with E-state index >= 15 is 0 Å². The third-order valence-corrected chi connectivity index (χ3v) is 11.1. The second kappa shape index (κ2) is 11.9. The van der Waals surface area contributed by atoms with E-state index in [1.807, 2.05) is 33.9 Å². The lowest BCUT2D eigenvalue weighted by Crippen LogP contribution is -2.62. The van der Waals surface area contributed by atoms with Crippen molar-refractivity contribution in [3.05, 3.63) is 82.2 Å². The number of hydrogen-bond donors (Lipinski definition) is 1. The fourth-order valence-corrected chi connectivity index (χ4v) is 4.63. The predicted octanol–water partition coefficient (Wildman–Crippen LogP) is 4.86. The second-order valence-electron chi connectivity index (χ2n) is 10.3. The Bertz CT molecular complexity index is 1120. The van der Waals surface area contributed by atoms with Crippen LogP contribution in [0.3, 0.4) is 0 Å². The summed E-state index contributed by atoms with van der Waals surface area (Å²) in [5, 5.41) is 14.7. The van der Waals surface area contributed by atoms with Crippen LogP contribution in [0.4, 0.5) is 0 Å². The van der Waals surface area contributed by atoms with Crippen LogP contribution in [-0.4, -0.2) is 62.6 Å². The maximum atomic E-state index is 12.9. The van der Waals surface area contributed by atoms with Gasteiger partial charge in [-0.15, -0.1) is 0 Å². The zero-order valence-corrected chi connectivity index (χ0v) is 22.6. The van der Waals surface area contributed by atoms with Gasteiger partial charge in [-0.1, -0.05) is 62.3 Å². The first-order valence-electron chi connectivity index (χ1n) is 12.0. The number of carbonyl (C=O) groups excluding carboxylic acids is 2. The van der Waals surface area contributed by atoms with Gasteiger partial charge >= 0.3 is 11.9 Å². The zero-order chi connectivity index (χ0) is 27.2. The predicted molar refractivity (Wildman–Crippen MR) is 138 cm³/mol. The molecular formula is C26H33N3O7Si. The van der Waals surface area contributed by atoms with Crippen molar-refractivity contribution < 1.29 is 33.3 Å². The van der Waals surface area contributed by atoms with Crippen LogP contribution in [-0.2, 0) is 18.6 Å². The summed E-state index contributed by atoms with van der Waals surface area (Å²) in [6.07, 6.45) is -5.03. The van der Waals surface area contributed by atoms with E-state index in [2.05, 4.69) is 10.0 Å². The number of carbonyl (C=O) groups is 2. The van der Waals surface area contributed by atoms with Gasteiger partial charge < -0.3 is 23.7 Å². The number of aliphatic hydroxyl groups excluding tert-OH is 1. The van der Waals surface area contributed by atoms with Gasteiger partial charge in [0.15, 0.2) is 14.6 Å². The number of rotatable bonds is 8. The van der Waals surface area contributed by atoms with Crippen LogP contribution in [0.15, 0.2) is 65.8 Å². The first kappa shape index (κ1) is 28.4. The van der Waals surface area contributed by atoms with Crippen molar-refractivity contribution in [2.75, 3.05) is 6.61 Å². The summed E-state index contributed by atoms with van der Waals surface area (Å²) in [5.41, 5.74) is 9.88. The number of hydrogen-bond acceptors (Lipinski definition) is 8. The molecule has 10 nitrogen and oxygen atoms in total. The Morgan fingerprint density at radius 2 is 1.57 bits per heavy atom. The fourth-order valence-electron chi connectivity index (χ4n) is 3.50. The molecule has 198 valence electrons. The van der Waals surface area contributed by atoms with Crippen LogP contribution in [0.2, 0.25) is 18.1 Å². The lowest BCUT2D eigenvalue weighted by Gasteiger charge is -2.46. The number of ether oxygens (including phenoxy) is 3. The Labute approximate surface area is 217 Å². The molecule has 5 atom stereocenters. The minimum absolute atomic E-state index is 0.223. The Morgan fingerprint density at radius 3 is 2.08 bits per heavy atom. The molecule has 1 heterocycles. The molecule has 0 saturated carbocycles. The standard InChI is InChI=1S/C26H33N3O7Si/c1-26(2,3)37(4,5)36-25-20(28-29-27)22(35-24(32)18-14-10-7-11-15-18)21(30)19(34-25)16-33-23(31)17-12-8-6-9-13-17/h6-15,19-22,25,30H,16H2,1-5H3/t19-,20-,21-,22-,25+/m1/s1. The van der Waals surface area contributed by atoms with Gasteiger partial charge in [0.05, 0.1) is 11.1 Å². The maximum absolute atomic E-state index is 12.9. The van der Waals surface area contributed by atoms with E-state index in [0.717, 1.165) is 0 Å². The number of nitrogens with zero attached hydrogens (tertiary/aromatic N) is 3. The summed E-state index contributed by atoms with van der Waals surface area (Å²) < 4.78 is 23.5. The lowest BCUT2D eigenvalue weighted by molar-refractivity contribution is -0.242. The topological polar surface area (TPSA) is 140 Å². The molecule has 0 unspecified atom stereocenters. The molecule has 0 aromatic heterocycles. The van der Waals surface area contributed by atoms with Crippen molar-refractivity contribution in [3.8, 4) is 0 Å². The fraction of sp³-hybridized carbons (Fsp3) is 0.462. The van der Waals surface area contributed by atoms with E-state index in [1.54, 1.807) is 60.7 Å². The van der Waals surface area contributed by atoms with Gasteiger partial charge in [-0.25, -0.2) is 9.59 Å². The van der Waals surface area contributed by atoms with Crippen molar-refractivity contribution in [2.45, 2.75) is 69.5 Å². The van der Waals surface area contributed by atoms with Gasteiger partial charge in [-0.2, -0.15) is 0 Å². The number of esters is 2. The number of aliphatic hydroxyl groups is 1. The highest BCUT2D eigenvalue weighted by molar-refractivity contribution is 6.74. The molecule has 1 aliphatic rings. The molecule has 2 aromatic carbocycles. The first-order chi connectivity index (χ1) is 17.4. The van der Waals surface area contributed by atoms with E-state index in [-0.39, 0.29) is 17.2 Å². The Hall–Kier alpha value is -3.21. The van der Waals surface area contributed by atoms with Crippen LogP contribution in [0.1, 0.15) is 41.5 Å². The van der Waals surface area contributed by atoms with E-state index in [4.69, 9.17) is 18.6 Å². The molecule has 0 radical (unpaired) electrons. The van der Waals surface area contributed by atoms with E-state index in [9.17, 15) is 20.2 Å². The van der Waals surface area contributed by atoms with Gasteiger partial charge in [0.1, 0.15) is 31.0 Å². The van der Waals surface area contributed by atoms with Crippen molar-refractivity contribution >= 4 is 20.3 Å². The van der Waals surface area contributed by atoms with E-state index in [0.29, 0.717) is 5.56 Å². The highest BCUT2D eigenvalue weighted by Crippen LogP contribution is 2.40. The van der Waals surface area contributed by atoms with Crippen molar-refractivity contribution in [2.24, 2.45) is 5.11 Å². The van der Waals surface area contributed by atoms with Crippen LogP contribution in [0.25, 0.3) is 10.4 Å². The second-order valence-corrected chi connectivity index (χ2v) is 15.1. The molecule has 0 aliphatic carbocycles. The molecule has 2 aromatic rings. The minimum atomic E-state index is -2.48. The van der Waals surface area contributed by atoms with Crippen molar-refractivity contribution in [3.63, 3.8) is 0 Å². The van der Waals surface area contributed by atoms with Gasteiger partial charge in [-0.05, 0) is 47.9 Å². The molecule has 11 heteroatoms. The number of azide groups is 1. The Morgan fingerprint density at radius 1 is 1.03 bits per heavy atom. The first-order valence-corrected chi connectivity index (χ1v) is 14.9. The van der Waals surface area contributed by atoms with Crippen LogP contribution in [0.5, 0.6) is 0 Å². The third-order valence-electron chi connectivity index (χ3n) is 6.68. The average molecular weight is 528 g/mol. The molecule has 0 bridgehead atoms. The van der Waals surface area contributed by atoms with Gasteiger partial charge in [0.25, 0.3) is 0 Å². The summed E-state index contributed by atoms with van der Waals surface area (Å²) in [6, 6.07) is 15.5. The Balaban J connectivity index is 1.90. The quantitative estimate of drug-likeness (QED) is 0.170. The summed E-state index contributed by atoms with van der Waals surface area (Å²) >= 11 is 0. The van der Waals surface area contributed by atoms with E-state index < -0.39 is 50.9 Å². The summed E-state index contributed by atoms with van der Waals surface area (Å²) in [5.74, 6) is -1.32. The summed E-state index contributed by atoms with van der Waals surface area (Å²) in [7, 11) is -2.48. The smallest absolute Gasteiger partial charge is 0.338 e. The zero-order valence-electron chi connectivity index (χ0n) is 21.6. The highest BCUT2D eigenvalue weighted by atomic mass is 28.4. The lowest BCUT2D eigenvalue weighted by atomic mass is 9.97. The largest absolute Gasteiger partial charge is 0.459 e.